The molecule has 0 spiro atoms. The van der Waals surface area contributed by atoms with Crippen molar-refractivity contribution in [2.24, 2.45) is 0 Å². The zero-order chi connectivity index (χ0) is 13.5. The molecule has 0 fully saturated rings. The summed E-state index contributed by atoms with van der Waals surface area (Å²) in [6.45, 7) is 0.452. The zero-order valence-electron chi connectivity index (χ0n) is 10.6. The summed E-state index contributed by atoms with van der Waals surface area (Å²) in [6, 6.07) is 3.28. The van der Waals surface area contributed by atoms with Crippen LogP contribution in [-0.2, 0) is 6.54 Å². The van der Waals surface area contributed by atoms with Crippen LogP contribution in [0, 0.1) is 0 Å². The van der Waals surface area contributed by atoms with Crippen molar-refractivity contribution in [3.63, 3.8) is 0 Å². The van der Waals surface area contributed by atoms with Crippen molar-refractivity contribution >= 4 is 0 Å². The van der Waals surface area contributed by atoms with Gasteiger partial charge in [0.25, 0.3) is 0 Å². The van der Waals surface area contributed by atoms with E-state index in [2.05, 4.69) is 10.1 Å². The second-order valence-corrected chi connectivity index (χ2v) is 3.49. The van der Waals surface area contributed by atoms with E-state index in [1.807, 2.05) is 6.92 Å². The summed E-state index contributed by atoms with van der Waals surface area (Å²) >= 11 is 0. The Balaban J connectivity index is 3.08. The van der Waals surface area contributed by atoms with Gasteiger partial charge in [-0.05, 0) is 24.2 Å². The summed E-state index contributed by atoms with van der Waals surface area (Å²) in [6.07, 6.45) is 0. The van der Waals surface area contributed by atoms with Gasteiger partial charge in [0, 0.05) is 6.54 Å². The van der Waals surface area contributed by atoms with Crippen LogP contribution in [0.2, 0.25) is 0 Å². The molecule has 1 aromatic rings. The zero-order valence-corrected chi connectivity index (χ0v) is 10.6. The van der Waals surface area contributed by atoms with Crippen molar-refractivity contribution in [3.05, 3.63) is 17.7 Å². The minimum atomic E-state index is -2.92. The average molecular weight is 261 g/mol. The standard InChI is InChI=1S/C12H17F2NO3/c1-4-15-7-8-5-9(16-2)11(18-12(13)14)10(6-8)17-3/h5-6,12,15H,4,7H2,1-3H3. The maximum absolute atomic E-state index is 12.3. The van der Waals surface area contributed by atoms with Crippen LogP contribution < -0.4 is 19.5 Å². The number of hydrogen-bond acceptors (Lipinski definition) is 4. The highest BCUT2D eigenvalue weighted by Crippen LogP contribution is 2.39. The Kier molecular flexibility index (Phi) is 5.64. The molecule has 0 amide bonds. The van der Waals surface area contributed by atoms with E-state index >= 15 is 0 Å². The van der Waals surface area contributed by atoms with Gasteiger partial charge in [-0.25, -0.2) is 0 Å². The third-order valence-corrected chi connectivity index (χ3v) is 2.31. The summed E-state index contributed by atoms with van der Waals surface area (Å²) < 4.78 is 39.1. The Morgan fingerprint density at radius 2 is 1.72 bits per heavy atom. The van der Waals surface area contributed by atoms with Crippen molar-refractivity contribution in [1.82, 2.24) is 5.32 Å². The van der Waals surface area contributed by atoms with E-state index in [1.54, 1.807) is 12.1 Å². The van der Waals surface area contributed by atoms with Gasteiger partial charge in [0.1, 0.15) is 0 Å². The Hall–Kier alpha value is -1.56. The number of rotatable bonds is 7. The summed E-state index contributed by atoms with van der Waals surface area (Å²) in [5.41, 5.74) is 0.868. The lowest BCUT2D eigenvalue weighted by Crippen LogP contribution is -2.12. The number of ether oxygens (including phenoxy) is 3. The Morgan fingerprint density at radius 1 is 1.17 bits per heavy atom. The molecule has 1 N–H and O–H groups in total. The van der Waals surface area contributed by atoms with Gasteiger partial charge in [-0.3, -0.25) is 0 Å². The van der Waals surface area contributed by atoms with Gasteiger partial charge in [0.05, 0.1) is 14.2 Å². The SMILES string of the molecule is CCNCc1cc(OC)c(OC(F)F)c(OC)c1. The van der Waals surface area contributed by atoms with Crippen molar-refractivity contribution in [2.75, 3.05) is 20.8 Å². The number of nitrogens with one attached hydrogen (secondary N) is 1. The normalized spacial score (nSPS) is 10.6. The summed E-state index contributed by atoms with van der Waals surface area (Å²) in [7, 11) is 2.79. The molecule has 1 aromatic carbocycles. The molecule has 6 heteroatoms. The molecule has 0 radical (unpaired) electrons. The molecule has 18 heavy (non-hydrogen) atoms. The maximum atomic E-state index is 12.3. The average Bonchev–Trinajstić information content (AvgIpc) is 2.36. The van der Waals surface area contributed by atoms with E-state index in [9.17, 15) is 8.78 Å². The van der Waals surface area contributed by atoms with E-state index in [-0.39, 0.29) is 17.2 Å². The molecule has 0 aliphatic carbocycles. The second-order valence-electron chi connectivity index (χ2n) is 3.49. The summed E-state index contributed by atoms with van der Waals surface area (Å²) in [5.74, 6) is 0.361. The number of methoxy groups -OCH3 is 2. The predicted molar refractivity (Wildman–Crippen MR) is 63.6 cm³/mol. The first-order valence-electron chi connectivity index (χ1n) is 5.52. The topological polar surface area (TPSA) is 39.7 Å². The van der Waals surface area contributed by atoms with Crippen LogP contribution in [0.4, 0.5) is 8.78 Å². The first-order chi connectivity index (χ1) is 8.62. The van der Waals surface area contributed by atoms with Crippen LogP contribution in [0.5, 0.6) is 17.2 Å². The van der Waals surface area contributed by atoms with Crippen LogP contribution in [0.25, 0.3) is 0 Å². The molecular formula is C12H17F2NO3. The van der Waals surface area contributed by atoms with Crippen LogP contribution in [0.3, 0.4) is 0 Å². The van der Waals surface area contributed by atoms with E-state index in [0.717, 1.165) is 12.1 Å². The fourth-order valence-corrected chi connectivity index (χ4v) is 1.51. The fourth-order valence-electron chi connectivity index (χ4n) is 1.51. The Morgan fingerprint density at radius 3 is 2.11 bits per heavy atom. The van der Waals surface area contributed by atoms with E-state index < -0.39 is 6.61 Å². The van der Waals surface area contributed by atoms with Gasteiger partial charge >= 0.3 is 6.61 Å². The van der Waals surface area contributed by atoms with Gasteiger partial charge < -0.3 is 19.5 Å². The molecule has 0 aliphatic rings. The molecule has 0 aromatic heterocycles. The third kappa shape index (κ3) is 3.73. The van der Waals surface area contributed by atoms with Gasteiger partial charge in [0.15, 0.2) is 11.5 Å². The molecule has 4 nitrogen and oxygen atoms in total. The minimum Gasteiger partial charge on any atom is -0.493 e. The van der Waals surface area contributed by atoms with E-state index in [1.165, 1.54) is 14.2 Å². The monoisotopic (exact) mass is 261 g/mol. The molecule has 0 saturated carbocycles. The smallest absolute Gasteiger partial charge is 0.387 e. The summed E-state index contributed by atoms with van der Waals surface area (Å²) in [4.78, 5) is 0. The summed E-state index contributed by atoms with van der Waals surface area (Å²) in [5, 5.41) is 3.13. The molecule has 0 atom stereocenters. The van der Waals surface area contributed by atoms with Crippen LogP contribution in [0.1, 0.15) is 12.5 Å². The molecule has 0 bridgehead atoms. The van der Waals surface area contributed by atoms with Gasteiger partial charge in [-0.2, -0.15) is 8.78 Å². The molecule has 0 saturated heterocycles. The van der Waals surface area contributed by atoms with E-state index in [0.29, 0.717) is 6.54 Å². The van der Waals surface area contributed by atoms with Crippen LogP contribution in [0.15, 0.2) is 12.1 Å². The molecular weight excluding hydrogens is 244 g/mol. The Bertz CT molecular complexity index is 361. The first-order valence-corrected chi connectivity index (χ1v) is 5.52. The van der Waals surface area contributed by atoms with Crippen molar-refractivity contribution in [3.8, 4) is 17.2 Å². The molecule has 0 unspecified atom stereocenters. The highest BCUT2D eigenvalue weighted by Gasteiger charge is 2.17. The molecule has 102 valence electrons. The minimum absolute atomic E-state index is 0.0877. The molecule has 0 aliphatic heterocycles. The maximum Gasteiger partial charge on any atom is 0.387 e. The van der Waals surface area contributed by atoms with Crippen LogP contribution in [-0.4, -0.2) is 27.4 Å². The predicted octanol–water partition coefficient (Wildman–Crippen LogP) is 2.41. The van der Waals surface area contributed by atoms with Gasteiger partial charge in [-0.15, -0.1) is 0 Å². The lowest BCUT2D eigenvalue weighted by molar-refractivity contribution is -0.0526. The third-order valence-electron chi connectivity index (χ3n) is 2.31. The Labute approximate surface area is 105 Å². The van der Waals surface area contributed by atoms with Gasteiger partial charge in [-0.1, -0.05) is 6.92 Å². The van der Waals surface area contributed by atoms with E-state index in [4.69, 9.17) is 9.47 Å². The number of hydrogen-bond donors (Lipinski definition) is 1. The number of alkyl halides is 2. The largest absolute Gasteiger partial charge is 0.493 e. The molecule has 0 heterocycles. The first kappa shape index (κ1) is 14.5. The van der Waals surface area contributed by atoms with Gasteiger partial charge in [0.2, 0.25) is 5.75 Å². The second kappa shape index (κ2) is 7.00. The fraction of sp³-hybridized carbons (Fsp3) is 0.500. The molecule has 1 rings (SSSR count). The van der Waals surface area contributed by atoms with Crippen LogP contribution >= 0.6 is 0 Å². The lowest BCUT2D eigenvalue weighted by Gasteiger charge is -2.15. The number of benzene rings is 1. The number of halogens is 2. The van der Waals surface area contributed by atoms with Crippen molar-refractivity contribution in [1.29, 1.82) is 0 Å². The lowest BCUT2D eigenvalue weighted by atomic mass is 10.2. The highest BCUT2D eigenvalue weighted by molar-refractivity contribution is 5.53. The highest BCUT2D eigenvalue weighted by atomic mass is 19.3. The van der Waals surface area contributed by atoms with Crippen molar-refractivity contribution < 1.29 is 23.0 Å². The van der Waals surface area contributed by atoms with Crippen molar-refractivity contribution in [2.45, 2.75) is 20.1 Å². The quantitative estimate of drug-likeness (QED) is 0.818.